The molecule has 0 aliphatic carbocycles. The van der Waals surface area contributed by atoms with E-state index in [9.17, 15) is 0 Å². The average molecular weight is 337 g/mol. The molecular weight excluding hydrogens is 312 g/mol. The van der Waals surface area contributed by atoms with Crippen molar-refractivity contribution in [2.24, 2.45) is 0 Å². The van der Waals surface area contributed by atoms with Gasteiger partial charge in [-0.05, 0) is 42.7 Å². The Kier molecular flexibility index (Phi) is 3.47. The van der Waals surface area contributed by atoms with E-state index in [1.165, 1.54) is 32.2 Å². The first-order chi connectivity index (χ1) is 11.4. The van der Waals surface area contributed by atoms with Crippen LogP contribution < -0.4 is 4.90 Å². The van der Waals surface area contributed by atoms with Crippen LogP contribution in [-0.4, -0.2) is 18.1 Å². The molecule has 0 saturated carbocycles. The van der Waals surface area contributed by atoms with E-state index >= 15 is 0 Å². The molecule has 0 fully saturated rings. The van der Waals surface area contributed by atoms with Gasteiger partial charge in [0.15, 0.2) is 0 Å². The number of nitrogens with zero attached hydrogens (tertiary/aromatic N) is 2. The van der Waals surface area contributed by atoms with Crippen molar-refractivity contribution in [3.63, 3.8) is 0 Å². The number of fused-ring (bicyclic) bond motifs is 2. The molecular formula is C21H24N2S. The van der Waals surface area contributed by atoms with Gasteiger partial charge in [0.25, 0.3) is 0 Å². The molecule has 1 atom stereocenters. The summed E-state index contributed by atoms with van der Waals surface area (Å²) < 4.78 is 0. The minimum Gasteiger partial charge on any atom is -0.359 e. The van der Waals surface area contributed by atoms with E-state index in [1.807, 2.05) is 11.8 Å². The maximum Gasteiger partial charge on any atom is 0.102 e. The lowest BCUT2D eigenvalue weighted by Gasteiger charge is -2.36. The molecule has 0 bridgehead atoms. The van der Waals surface area contributed by atoms with Crippen LogP contribution in [0.25, 0.3) is 0 Å². The van der Waals surface area contributed by atoms with Crippen molar-refractivity contribution in [1.29, 1.82) is 0 Å². The van der Waals surface area contributed by atoms with Crippen LogP contribution in [0.1, 0.15) is 37.5 Å². The molecule has 4 rings (SSSR count). The Balaban J connectivity index is 1.84. The molecule has 0 aromatic heterocycles. The molecule has 2 aromatic rings. The summed E-state index contributed by atoms with van der Waals surface area (Å²) >= 11 is 1.90. The Morgan fingerprint density at radius 3 is 2.46 bits per heavy atom. The third-order valence-corrected chi connectivity index (χ3v) is 6.62. The number of hydrogen-bond donors (Lipinski definition) is 0. The largest absolute Gasteiger partial charge is 0.359 e. The second-order valence-electron chi connectivity index (χ2n) is 7.36. The normalized spacial score (nSPS) is 21.0. The molecule has 2 heterocycles. The first kappa shape index (κ1) is 15.6. The third kappa shape index (κ3) is 2.18. The fourth-order valence-corrected chi connectivity index (χ4v) is 5.18. The van der Waals surface area contributed by atoms with Gasteiger partial charge in [0.2, 0.25) is 0 Å². The summed E-state index contributed by atoms with van der Waals surface area (Å²) in [7, 11) is 2.13. The summed E-state index contributed by atoms with van der Waals surface area (Å²) in [6, 6.07) is 13.6. The zero-order valence-electron chi connectivity index (χ0n) is 15.0. The van der Waals surface area contributed by atoms with E-state index in [0.717, 1.165) is 0 Å². The van der Waals surface area contributed by atoms with Crippen LogP contribution >= 0.6 is 11.8 Å². The first-order valence-electron chi connectivity index (χ1n) is 8.50. The van der Waals surface area contributed by atoms with Gasteiger partial charge < -0.3 is 9.80 Å². The summed E-state index contributed by atoms with van der Waals surface area (Å²) in [5, 5.41) is 0. The van der Waals surface area contributed by atoms with Crippen molar-refractivity contribution >= 4 is 17.4 Å². The Labute approximate surface area is 149 Å². The summed E-state index contributed by atoms with van der Waals surface area (Å²) in [5.74, 6) is 0. The van der Waals surface area contributed by atoms with Gasteiger partial charge in [-0.15, -0.1) is 0 Å². The van der Waals surface area contributed by atoms with Crippen molar-refractivity contribution in [2.75, 3.05) is 11.9 Å². The molecule has 2 nitrogen and oxygen atoms in total. The van der Waals surface area contributed by atoms with Crippen LogP contribution in [0.3, 0.4) is 0 Å². The summed E-state index contributed by atoms with van der Waals surface area (Å²) in [5.41, 5.74) is 5.57. The molecule has 0 unspecified atom stereocenters. The minimum absolute atomic E-state index is 0.0454. The Hall–Kier alpha value is -1.87. The molecule has 2 aromatic carbocycles. The fourth-order valence-electron chi connectivity index (χ4n) is 3.77. The highest BCUT2D eigenvalue weighted by Crippen LogP contribution is 2.50. The Morgan fingerprint density at radius 2 is 1.75 bits per heavy atom. The quantitative estimate of drug-likeness (QED) is 0.693. The van der Waals surface area contributed by atoms with Gasteiger partial charge >= 0.3 is 0 Å². The van der Waals surface area contributed by atoms with Crippen molar-refractivity contribution in [1.82, 2.24) is 4.90 Å². The van der Waals surface area contributed by atoms with Crippen molar-refractivity contribution in [3.05, 3.63) is 65.5 Å². The van der Waals surface area contributed by atoms with Crippen LogP contribution in [0.5, 0.6) is 0 Å². The fraction of sp³-hybridized carbons (Fsp3) is 0.333. The van der Waals surface area contributed by atoms with Crippen molar-refractivity contribution < 1.29 is 0 Å². The maximum absolute atomic E-state index is 2.40. The molecule has 0 amide bonds. The lowest BCUT2D eigenvalue weighted by atomic mass is 9.77. The highest BCUT2D eigenvalue weighted by atomic mass is 32.2. The van der Waals surface area contributed by atoms with E-state index in [4.69, 9.17) is 0 Å². The van der Waals surface area contributed by atoms with Crippen LogP contribution in [-0.2, 0) is 5.41 Å². The molecule has 0 saturated heterocycles. The van der Waals surface area contributed by atoms with Crippen LogP contribution in [0.4, 0.5) is 5.69 Å². The predicted octanol–water partition coefficient (Wildman–Crippen LogP) is 5.35. The van der Waals surface area contributed by atoms with E-state index in [-0.39, 0.29) is 5.41 Å². The zero-order valence-corrected chi connectivity index (χ0v) is 15.8. The number of anilines is 1. The summed E-state index contributed by atoms with van der Waals surface area (Å²) in [4.78, 5) is 7.37. The molecule has 0 radical (unpaired) electrons. The van der Waals surface area contributed by atoms with Gasteiger partial charge in [-0.1, -0.05) is 49.9 Å². The second-order valence-corrected chi connectivity index (χ2v) is 8.44. The molecule has 3 heteroatoms. The van der Waals surface area contributed by atoms with E-state index in [1.54, 1.807) is 0 Å². The maximum atomic E-state index is 2.40. The van der Waals surface area contributed by atoms with E-state index < -0.39 is 0 Å². The van der Waals surface area contributed by atoms with E-state index in [2.05, 4.69) is 93.3 Å². The number of aryl methyl sites for hydroxylation is 1. The molecule has 0 N–H and O–H groups in total. The van der Waals surface area contributed by atoms with Gasteiger partial charge in [0, 0.05) is 40.3 Å². The standard InChI is InChI=1S/C21H24N2S/c1-14-12-17-20(13-18(14)23-11-10-22(5)15(23)2)24-19-9-7-6-8-16(19)21(17,3)4/h6-13,15H,1-5H3/t15-/m0/s1. The Morgan fingerprint density at radius 1 is 1.00 bits per heavy atom. The van der Waals surface area contributed by atoms with Gasteiger partial charge in [-0.3, -0.25) is 0 Å². The zero-order chi connectivity index (χ0) is 17.1. The lowest BCUT2D eigenvalue weighted by Crippen LogP contribution is -2.34. The minimum atomic E-state index is 0.0454. The highest BCUT2D eigenvalue weighted by molar-refractivity contribution is 7.99. The number of benzene rings is 2. The van der Waals surface area contributed by atoms with Crippen LogP contribution in [0, 0.1) is 6.92 Å². The van der Waals surface area contributed by atoms with Gasteiger partial charge in [-0.2, -0.15) is 0 Å². The van der Waals surface area contributed by atoms with Gasteiger partial charge in [0.1, 0.15) is 6.17 Å². The topological polar surface area (TPSA) is 6.48 Å². The predicted molar refractivity (Wildman–Crippen MR) is 103 cm³/mol. The third-order valence-electron chi connectivity index (χ3n) is 5.48. The summed E-state index contributed by atoms with van der Waals surface area (Å²) in [6.07, 6.45) is 4.69. The number of hydrogen-bond acceptors (Lipinski definition) is 3. The van der Waals surface area contributed by atoms with E-state index in [0.29, 0.717) is 6.17 Å². The van der Waals surface area contributed by atoms with Crippen molar-refractivity contribution in [3.8, 4) is 0 Å². The summed E-state index contributed by atoms with van der Waals surface area (Å²) in [6.45, 7) is 9.16. The highest BCUT2D eigenvalue weighted by Gasteiger charge is 2.34. The van der Waals surface area contributed by atoms with Gasteiger partial charge in [-0.25, -0.2) is 0 Å². The van der Waals surface area contributed by atoms with Crippen molar-refractivity contribution in [2.45, 2.75) is 49.1 Å². The van der Waals surface area contributed by atoms with Crippen LogP contribution in [0.15, 0.2) is 58.6 Å². The molecule has 124 valence electrons. The first-order valence-corrected chi connectivity index (χ1v) is 9.32. The SMILES string of the molecule is Cc1cc2c(cc1N1C=CN(C)[C@@H]1C)Sc1ccccc1C2(C)C. The molecule has 2 aliphatic heterocycles. The Bertz CT molecular complexity index is 838. The van der Waals surface area contributed by atoms with Crippen LogP contribution in [0.2, 0.25) is 0 Å². The second kappa shape index (κ2) is 5.32. The molecule has 0 spiro atoms. The lowest BCUT2D eigenvalue weighted by molar-refractivity contribution is 0.383. The average Bonchev–Trinajstić information content (AvgIpc) is 2.88. The molecule has 24 heavy (non-hydrogen) atoms. The monoisotopic (exact) mass is 336 g/mol. The number of rotatable bonds is 1. The molecule has 2 aliphatic rings. The smallest absolute Gasteiger partial charge is 0.102 e. The van der Waals surface area contributed by atoms with Gasteiger partial charge in [0.05, 0.1) is 0 Å².